The van der Waals surface area contributed by atoms with Crippen molar-refractivity contribution < 1.29 is 0 Å². The first-order valence-electron chi connectivity index (χ1n) is 9.28. The summed E-state index contributed by atoms with van der Waals surface area (Å²) in [5.74, 6) is 1.54. The molecule has 1 aromatic carbocycles. The van der Waals surface area contributed by atoms with Crippen LogP contribution in [0.15, 0.2) is 34.4 Å². The van der Waals surface area contributed by atoms with Gasteiger partial charge >= 0.3 is 0 Å². The van der Waals surface area contributed by atoms with E-state index in [1.54, 1.807) is 11.8 Å². The number of guanidine groups is 1. The predicted molar refractivity (Wildman–Crippen MR) is 109 cm³/mol. The van der Waals surface area contributed by atoms with Crippen molar-refractivity contribution in [1.82, 2.24) is 14.8 Å². The van der Waals surface area contributed by atoms with E-state index in [0.717, 1.165) is 29.5 Å². The number of hydrogen-bond acceptors (Lipinski definition) is 4. The van der Waals surface area contributed by atoms with Crippen LogP contribution >= 0.6 is 11.8 Å². The van der Waals surface area contributed by atoms with Crippen LogP contribution in [-0.2, 0) is 6.42 Å². The molecule has 3 rings (SSSR count). The number of nitrogens with one attached hydrogen (secondary N) is 1. The van der Waals surface area contributed by atoms with Crippen molar-refractivity contribution in [2.75, 3.05) is 18.1 Å². The molecule has 1 aliphatic carbocycles. The lowest BCUT2D eigenvalue weighted by Crippen LogP contribution is -2.23. The van der Waals surface area contributed by atoms with Crippen molar-refractivity contribution in [1.29, 1.82) is 0 Å². The van der Waals surface area contributed by atoms with Gasteiger partial charge in [-0.2, -0.15) is 0 Å². The maximum absolute atomic E-state index is 5.98. The van der Waals surface area contributed by atoms with Crippen LogP contribution in [0, 0.1) is 6.92 Å². The molecule has 3 N–H and O–H groups in total. The van der Waals surface area contributed by atoms with E-state index >= 15 is 0 Å². The second-order valence-corrected chi connectivity index (χ2v) is 7.55. The molecule has 0 bridgehead atoms. The van der Waals surface area contributed by atoms with Gasteiger partial charge in [0.15, 0.2) is 11.1 Å². The van der Waals surface area contributed by atoms with Crippen LogP contribution in [0.4, 0.5) is 5.69 Å². The molecule has 1 saturated carbocycles. The lowest BCUT2D eigenvalue weighted by Gasteiger charge is -2.16. The normalized spacial score (nSPS) is 15.5. The van der Waals surface area contributed by atoms with Gasteiger partial charge in [-0.3, -0.25) is 4.99 Å². The van der Waals surface area contributed by atoms with Crippen LogP contribution in [0.5, 0.6) is 0 Å². The van der Waals surface area contributed by atoms with Gasteiger partial charge in [0.2, 0.25) is 0 Å². The molecular weight excluding hydrogens is 344 g/mol. The van der Waals surface area contributed by atoms with Gasteiger partial charge < -0.3 is 15.6 Å². The average Bonchev–Trinajstić information content (AvgIpc) is 3.29. The quantitative estimate of drug-likeness (QED) is 0.334. The highest BCUT2D eigenvalue weighted by atomic mass is 32.2. The number of anilines is 1. The summed E-state index contributed by atoms with van der Waals surface area (Å²) in [4.78, 5) is 4.43. The highest BCUT2D eigenvalue weighted by molar-refractivity contribution is 7.98. The van der Waals surface area contributed by atoms with E-state index in [4.69, 9.17) is 5.73 Å². The van der Waals surface area contributed by atoms with Crippen molar-refractivity contribution in [3.8, 4) is 0 Å². The van der Waals surface area contributed by atoms with E-state index in [-0.39, 0.29) is 0 Å². The fourth-order valence-electron chi connectivity index (χ4n) is 3.41. The summed E-state index contributed by atoms with van der Waals surface area (Å²) >= 11 is 1.68. The molecule has 0 saturated heterocycles. The third-order valence-electron chi connectivity index (χ3n) is 4.77. The number of aryl methyl sites for hydroxylation is 2. The monoisotopic (exact) mass is 372 g/mol. The van der Waals surface area contributed by atoms with E-state index in [2.05, 4.69) is 50.4 Å². The second-order valence-electron chi connectivity index (χ2n) is 6.77. The molecule has 6 nitrogen and oxygen atoms in total. The van der Waals surface area contributed by atoms with Gasteiger partial charge in [-0.15, -0.1) is 10.2 Å². The molecular formula is C19H28N6S. The summed E-state index contributed by atoms with van der Waals surface area (Å²) in [7, 11) is 0. The molecule has 2 aromatic rings. The zero-order chi connectivity index (χ0) is 18.4. The number of rotatable bonds is 7. The Bertz CT molecular complexity index is 731. The van der Waals surface area contributed by atoms with Crippen LogP contribution < -0.4 is 11.1 Å². The van der Waals surface area contributed by atoms with Crippen molar-refractivity contribution in [3.63, 3.8) is 0 Å². The van der Waals surface area contributed by atoms with Crippen molar-refractivity contribution >= 4 is 23.4 Å². The van der Waals surface area contributed by atoms with Crippen molar-refractivity contribution in [2.24, 2.45) is 10.7 Å². The minimum absolute atomic E-state index is 0.455. The summed E-state index contributed by atoms with van der Waals surface area (Å²) in [5, 5.41) is 12.9. The smallest absolute Gasteiger partial charge is 0.193 e. The van der Waals surface area contributed by atoms with Crippen LogP contribution in [-0.4, -0.2) is 33.5 Å². The summed E-state index contributed by atoms with van der Waals surface area (Å²) < 4.78 is 2.36. The Morgan fingerprint density at radius 2 is 2.00 bits per heavy atom. The molecule has 0 amide bonds. The van der Waals surface area contributed by atoms with E-state index in [9.17, 15) is 0 Å². The van der Waals surface area contributed by atoms with E-state index in [0.29, 0.717) is 18.5 Å². The van der Waals surface area contributed by atoms with E-state index in [1.807, 2.05) is 12.1 Å². The third kappa shape index (κ3) is 4.78. The maximum Gasteiger partial charge on any atom is 0.193 e. The minimum atomic E-state index is 0.455. The molecule has 1 fully saturated rings. The number of nitrogens with two attached hydrogens (primary N) is 1. The Labute approximate surface area is 159 Å². The van der Waals surface area contributed by atoms with Crippen molar-refractivity contribution in [3.05, 3.63) is 35.7 Å². The molecule has 1 aliphatic rings. The molecule has 0 radical (unpaired) electrons. The zero-order valence-corrected chi connectivity index (χ0v) is 16.4. The summed E-state index contributed by atoms with van der Waals surface area (Å²) in [5.41, 5.74) is 8.17. The Morgan fingerprint density at radius 3 is 2.69 bits per heavy atom. The number of aromatic nitrogens is 3. The Balaban J connectivity index is 1.53. The Morgan fingerprint density at radius 1 is 1.27 bits per heavy atom. The highest BCUT2D eigenvalue weighted by Gasteiger charge is 2.23. The van der Waals surface area contributed by atoms with Gasteiger partial charge in [-0.1, -0.05) is 42.3 Å². The number of thioether (sulfide) groups is 1. The second kappa shape index (κ2) is 9.07. The molecule has 0 spiro atoms. The van der Waals surface area contributed by atoms with Gasteiger partial charge in [0.25, 0.3) is 0 Å². The number of nitrogens with zero attached hydrogens (tertiary/aromatic N) is 4. The molecule has 140 valence electrons. The highest BCUT2D eigenvalue weighted by Crippen LogP contribution is 2.33. The van der Waals surface area contributed by atoms with Crippen LogP contribution in [0.2, 0.25) is 0 Å². The molecule has 26 heavy (non-hydrogen) atoms. The first-order valence-corrected chi connectivity index (χ1v) is 10.5. The standard InChI is InChI=1S/C19H28N6S/c1-14-9-11-15(12-10-14)22-18(20)21-13-5-8-17-23-24-19(26-2)25(17)16-6-3-4-7-16/h9-12,16H,3-8,13H2,1-2H3,(H3,20,21,22). The van der Waals surface area contributed by atoms with Gasteiger partial charge in [-0.25, -0.2) is 0 Å². The lowest BCUT2D eigenvalue weighted by atomic mass is 10.2. The Hall–Kier alpha value is -2.02. The Kier molecular flexibility index (Phi) is 6.55. The lowest BCUT2D eigenvalue weighted by molar-refractivity contribution is 0.461. The van der Waals surface area contributed by atoms with E-state index in [1.165, 1.54) is 31.2 Å². The third-order valence-corrected chi connectivity index (χ3v) is 5.42. The summed E-state index contributed by atoms with van der Waals surface area (Å²) in [6.45, 7) is 2.74. The van der Waals surface area contributed by atoms with Crippen molar-refractivity contribution in [2.45, 2.75) is 56.6 Å². The van der Waals surface area contributed by atoms with Crippen LogP contribution in [0.1, 0.15) is 49.5 Å². The van der Waals surface area contributed by atoms with Gasteiger partial charge in [0, 0.05) is 24.7 Å². The topological polar surface area (TPSA) is 81.1 Å². The van der Waals surface area contributed by atoms with Gasteiger partial charge in [0.05, 0.1) is 0 Å². The average molecular weight is 373 g/mol. The number of aliphatic imine (C=N–C) groups is 1. The van der Waals surface area contributed by atoms with Gasteiger partial charge in [0.1, 0.15) is 5.82 Å². The van der Waals surface area contributed by atoms with Crippen LogP contribution in [0.3, 0.4) is 0 Å². The zero-order valence-electron chi connectivity index (χ0n) is 15.6. The largest absolute Gasteiger partial charge is 0.370 e. The molecule has 1 aromatic heterocycles. The summed E-state index contributed by atoms with van der Waals surface area (Å²) in [6.07, 6.45) is 8.96. The first kappa shape index (κ1) is 18.8. The minimum Gasteiger partial charge on any atom is -0.370 e. The van der Waals surface area contributed by atoms with E-state index < -0.39 is 0 Å². The van der Waals surface area contributed by atoms with Gasteiger partial charge in [-0.05, 0) is 44.6 Å². The molecule has 1 heterocycles. The predicted octanol–water partition coefficient (Wildman–Crippen LogP) is 3.78. The first-order chi connectivity index (χ1) is 12.7. The fourth-order valence-corrected chi connectivity index (χ4v) is 3.98. The fraction of sp³-hybridized carbons (Fsp3) is 0.526. The number of benzene rings is 1. The maximum atomic E-state index is 5.98. The summed E-state index contributed by atoms with van der Waals surface area (Å²) in [6, 6.07) is 8.68. The molecule has 0 atom stereocenters. The molecule has 7 heteroatoms. The molecule has 0 unspecified atom stereocenters. The number of hydrogen-bond donors (Lipinski definition) is 2. The SMILES string of the molecule is CSc1nnc(CCCN=C(N)Nc2ccc(C)cc2)n1C1CCCC1. The molecule has 0 aliphatic heterocycles. The van der Waals surface area contributed by atoms with Crippen LogP contribution in [0.25, 0.3) is 0 Å².